The fourth-order valence-corrected chi connectivity index (χ4v) is 1.51. The normalized spacial score (nSPS) is 10.4. The molecule has 2 aromatic rings. The van der Waals surface area contributed by atoms with Gasteiger partial charge < -0.3 is 5.11 Å². The van der Waals surface area contributed by atoms with Crippen molar-refractivity contribution >= 4 is 28.6 Å². The summed E-state index contributed by atoms with van der Waals surface area (Å²) in [6.07, 6.45) is 4.07. The first-order chi connectivity index (χ1) is 8.69. The van der Waals surface area contributed by atoms with Crippen molar-refractivity contribution in [2.45, 2.75) is 0 Å². The van der Waals surface area contributed by atoms with Gasteiger partial charge in [-0.15, -0.1) is 0 Å². The summed E-state index contributed by atoms with van der Waals surface area (Å²) in [7, 11) is 0. The fourth-order valence-electron chi connectivity index (χ4n) is 1.51. The molecule has 1 N–H and O–H groups in total. The molecule has 6 nitrogen and oxygen atoms in total. The summed E-state index contributed by atoms with van der Waals surface area (Å²) in [5, 5.41) is 12.8. The van der Waals surface area contributed by atoms with Gasteiger partial charge in [-0.05, 0) is 35.4 Å². The van der Waals surface area contributed by atoms with Crippen molar-refractivity contribution in [2.24, 2.45) is 5.11 Å². The number of hydrogen-bond acceptors (Lipinski definition) is 3. The number of carbonyl (C=O) groups is 1. The van der Waals surface area contributed by atoms with Gasteiger partial charge in [0.2, 0.25) is 0 Å². The van der Waals surface area contributed by atoms with E-state index in [1.165, 1.54) is 6.08 Å². The predicted octanol–water partition coefficient (Wildman–Crippen LogP) is 3.27. The van der Waals surface area contributed by atoms with Gasteiger partial charge in [0.1, 0.15) is 0 Å². The molecule has 0 unspecified atom stereocenters. The maximum Gasteiger partial charge on any atom is 0.328 e. The molecule has 0 atom stereocenters. The number of pyridine rings is 1. The van der Waals surface area contributed by atoms with Crippen molar-refractivity contribution in [1.82, 2.24) is 4.98 Å². The summed E-state index contributed by atoms with van der Waals surface area (Å²) in [6.45, 7) is 0. The second-order valence-electron chi connectivity index (χ2n) is 3.51. The quantitative estimate of drug-likeness (QED) is 0.385. The van der Waals surface area contributed by atoms with Crippen LogP contribution in [0.1, 0.15) is 5.56 Å². The molecule has 1 aromatic carbocycles. The van der Waals surface area contributed by atoms with E-state index in [9.17, 15) is 4.79 Å². The van der Waals surface area contributed by atoms with E-state index in [2.05, 4.69) is 15.0 Å². The van der Waals surface area contributed by atoms with Crippen LogP contribution in [0.25, 0.3) is 27.4 Å². The van der Waals surface area contributed by atoms with E-state index in [0.29, 0.717) is 11.3 Å². The summed E-state index contributed by atoms with van der Waals surface area (Å²) in [4.78, 5) is 17.3. The molecule has 0 saturated heterocycles. The third kappa shape index (κ3) is 2.63. The number of nitrogens with zero attached hydrogens (tertiary/aromatic N) is 4. The molecular weight excluding hydrogens is 232 g/mol. The van der Waals surface area contributed by atoms with Gasteiger partial charge >= 0.3 is 5.97 Å². The summed E-state index contributed by atoms with van der Waals surface area (Å²) in [6, 6.07) is 6.88. The highest BCUT2D eigenvalue weighted by Crippen LogP contribution is 2.21. The minimum absolute atomic E-state index is 0.492. The maximum absolute atomic E-state index is 10.4. The Bertz CT molecular complexity index is 688. The standard InChI is InChI=1S/C12H8N4O2/c13-16-15-10-2-3-11-9(6-10)5-8(7-14-11)1-4-12(17)18/h1-7H,(H,17,18)/b4-1+. The average molecular weight is 240 g/mol. The molecule has 0 saturated carbocycles. The number of aromatic nitrogens is 1. The number of carboxylic acids is 1. The summed E-state index contributed by atoms with van der Waals surface area (Å²) in [5.41, 5.74) is 10.3. The zero-order valence-electron chi connectivity index (χ0n) is 9.19. The SMILES string of the molecule is [N-]=[N+]=Nc1ccc2ncc(/C=C/C(=O)O)cc2c1. The van der Waals surface area contributed by atoms with Gasteiger partial charge in [0, 0.05) is 28.3 Å². The highest BCUT2D eigenvalue weighted by molar-refractivity contribution is 5.87. The zero-order valence-corrected chi connectivity index (χ0v) is 9.19. The van der Waals surface area contributed by atoms with Crippen LogP contribution in [0.3, 0.4) is 0 Å². The highest BCUT2D eigenvalue weighted by atomic mass is 16.4. The van der Waals surface area contributed by atoms with Crippen LogP contribution in [0.2, 0.25) is 0 Å². The number of azide groups is 1. The molecule has 0 amide bonds. The van der Waals surface area contributed by atoms with E-state index in [4.69, 9.17) is 10.6 Å². The molecule has 1 heterocycles. The van der Waals surface area contributed by atoms with Gasteiger partial charge in [0.15, 0.2) is 0 Å². The minimum Gasteiger partial charge on any atom is -0.478 e. The number of carboxylic acid groups (broad SMARTS) is 1. The Labute approximate surface area is 102 Å². The molecular formula is C12H8N4O2. The Morgan fingerprint density at radius 2 is 2.28 bits per heavy atom. The van der Waals surface area contributed by atoms with Crippen LogP contribution < -0.4 is 0 Å². The maximum atomic E-state index is 10.4. The van der Waals surface area contributed by atoms with E-state index in [1.807, 2.05) is 0 Å². The van der Waals surface area contributed by atoms with E-state index in [1.54, 1.807) is 30.5 Å². The molecule has 6 heteroatoms. The first-order valence-corrected chi connectivity index (χ1v) is 5.05. The second kappa shape index (κ2) is 4.99. The monoisotopic (exact) mass is 240 g/mol. The van der Waals surface area contributed by atoms with Crippen LogP contribution in [0.15, 0.2) is 41.7 Å². The largest absolute Gasteiger partial charge is 0.478 e. The van der Waals surface area contributed by atoms with Gasteiger partial charge in [-0.1, -0.05) is 11.2 Å². The molecule has 18 heavy (non-hydrogen) atoms. The summed E-state index contributed by atoms with van der Waals surface area (Å²) >= 11 is 0. The summed E-state index contributed by atoms with van der Waals surface area (Å²) in [5.74, 6) is -1.02. The van der Waals surface area contributed by atoms with Crippen LogP contribution in [0.5, 0.6) is 0 Å². The topological polar surface area (TPSA) is 99.0 Å². The van der Waals surface area contributed by atoms with Crippen LogP contribution in [0.4, 0.5) is 5.69 Å². The number of aliphatic carboxylic acids is 1. The number of benzene rings is 1. The van der Waals surface area contributed by atoms with Crippen LogP contribution >= 0.6 is 0 Å². The first kappa shape index (κ1) is 11.6. The lowest BCUT2D eigenvalue weighted by atomic mass is 10.1. The van der Waals surface area contributed by atoms with E-state index in [-0.39, 0.29) is 0 Å². The van der Waals surface area contributed by atoms with Gasteiger partial charge in [-0.3, -0.25) is 4.98 Å². The molecule has 0 bridgehead atoms. The van der Waals surface area contributed by atoms with E-state index in [0.717, 1.165) is 17.0 Å². The fraction of sp³-hybridized carbons (Fsp3) is 0. The molecule has 88 valence electrons. The van der Waals surface area contributed by atoms with Crippen LogP contribution in [-0.2, 0) is 4.79 Å². The molecule has 0 aliphatic carbocycles. The molecule has 0 aliphatic heterocycles. The Morgan fingerprint density at radius 3 is 3.00 bits per heavy atom. The van der Waals surface area contributed by atoms with Crippen LogP contribution in [0, 0.1) is 0 Å². The molecule has 0 radical (unpaired) electrons. The van der Waals surface area contributed by atoms with Crippen molar-refractivity contribution < 1.29 is 9.90 Å². The molecule has 2 rings (SSSR count). The van der Waals surface area contributed by atoms with Crippen molar-refractivity contribution in [1.29, 1.82) is 0 Å². The summed E-state index contributed by atoms with van der Waals surface area (Å²) < 4.78 is 0. The molecule has 1 aromatic heterocycles. The predicted molar refractivity (Wildman–Crippen MR) is 67.2 cm³/mol. The lowest BCUT2D eigenvalue weighted by Crippen LogP contribution is -1.86. The lowest BCUT2D eigenvalue weighted by molar-refractivity contribution is -0.131. The molecule has 0 aliphatic rings. The minimum atomic E-state index is -1.02. The van der Waals surface area contributed by atoms with Crippen molar-refractivity contribution in [3.63, 3.8) is 0 Å². The van der Waals surface area contributed by atoms with Gasteiger partial charge in [0.05, 0.1) is 5.52 Å². The molecule has 0 fully saturated rings. The van der Waals surface area contributed by atoms with E-state index < -0.39 is 5.97 Å². The Morgan fingerprint density at radius 1 is 1.44 bits per heavy atom. The van der Waals surface area contributed by atoms with Crippen molar-refractivity contribution in [3.05, 3.63) is 52.5 Å². The first-order valence-electron chi connectivity index (χ1n) is 5.05. The van der Waals surface area contributed by atoms with Gasteiger partial charge in [-0.2, -0.15) is 0 Å². The number of hydrogen-bond donors (Lipinski definition) is 1. The van der Waals surface area contributed by atoms with E-state index >= 15 is 0 Å². The lowest BCUT2D eigenvalue weighted by Gasteiger charge is -1.99. The Hall–Kier alpha value is -2.85. The smallest absolute Gasteiger partial charge is 0.328 e. The van der Waals surface area contributed by atoms with Gasteiger partial charge in [0.25, 0.3) is 0 Å². The Balaban J connectivity index is 2.48. The van der Waals surface area contributed by atoms with Gasteiger partial charge in [-0.25, -0.2) is 4.79 Å². The van der Waals surface area contributed by atoms with Crippen molar-refractivity contribution in [3.8, 4) is 0 Å². The third-order valence-electron chi connectivity index (χ3n) is 2.26. The third-order valence-corrected chi connectivity index (χ3v) is 2.26. The zero-order chi connectivity index (χ0) is 13.0. The van der Waals surface area contributed by atoms with Crippen molar-refractivity contribution in [2.75, 3.05) is 0 Å². The van der Waals surface area contributed by atoms with Crippen LogP contribution in [-0.4, -0.2) is 16.1 Å². The average Bonchev–Trinajstić information content (AvgIpc) is 2.36. The Kier molecular flexibility index (Phi) is 3.22. The highest BCUT2D eigenvalue weighted by Gasteiger charge is 1.98. The number of fused-ring (bicyclic) bond motifs is 1. The number of rotatable bonds is 3. The second-order valence-corrected chi connectivity index (χ2v) is 3.51. The molecule has 0 spiro atoms.